The standard InChI is InChI=1S/C21H25N5O3S/c1-14(27)26(10-2-9-25-11-5-15(6-12-25)21(28)29)16-3-4-18-17(13-16)24-19-20(30-18)23-8-7-22-19/h3-4,7-8,13,15H,2,5-6,9-12H2,1H3,(H,22,24)(H,28,29). The van der Waals surface area contributed by atoms with Gasteiger partial charge in [0.15, 0.2) is 5.82 Å². The molecule has 30 heavy (non-hydrogen) atoms. The van der Waals surface area contributed by atoms with Crippen molar-refractivity contribution in [1.82, 2.24) is 14.9 Å². The molecule has 9 heteroatoms. The number of aliphatic carboxylic acids is 1. The highest BCUT2D eigenvalue weighted by Gasteiger charge is 2.24. The molecular weight excluding hydrogens is 402 g/mol. The number of carboxylic acids is 1. The van der Waals surface area contributed by atoms with Crippen LogP contribution >= 0.6 is 11.8 Å². The first-order valence-electron chi connectivity index (χ1n) is 10.1. The maximum atomic E-state index is 12.3. The number of carbonyl (C=O) groups excluding carboxylic acids is 1. The molecule has 0 atom stereocenters. The van der Waals surface area contributed by atoms with E-state index in [1.54, 1.807) is 36.0 Å². The third-order valence-corrected chi connectivity index (χ3v) is 6.64. The highest BCUT2D eigenvalue weighted by molar-refractivity contribution is 7.99. The van der Waals surface area contributed by atoms with Gasteiger partial charge in [-0.1, -0.05) is 11.8 Å². The molecule has 0 saturated carbocycles. The van der Waals surface area contributed by atoms with Crippen LogP contribution in [0.1, 0.15) is 26.2 Å². The lowest BCUT2D eigenvalue weighted by Gasteiger charge is -2.31. The van der Waals surface area contributed by atoms with E-state index >= 15 is 0 Å². The molecule has 1 aromatic carbocycles. The Labute approximate surface area is 179 Å². The first-order chi connectivity index (χ1) is 14.5. The summed E-state index contributed by atoms with van der Waals surface area (Å²) in [5.74, 6) is -0.176. The van der Waals surface area contributed by atoms with Crippen LogP contribution in [0, 0.1) is 5.92 Å². The highest BCUT2D eigenvalue weighted by atomic mass is 32.2. The average molecular weight is 428 g/mol. The summed E-state index contributed by atoms with van der Waals surface area (Å²) in [4.78, 5) is 37.2. The van der Waals surface area contributed by atoms with Crippen molar-refractivity contribution in [1.29, 1.82) is 0 Å². The molecule has 2 aliphatic heterocycles. The Balaban J connectivity index is 1.37. The number of amides is 1. The number of rotatable bonds is 6. The average Bonchev–Trinajstić information content (AvgIpc) is 2.75. The van der Waals surface area contributed by atoms with Crippen LogP contribution in [0.4, 0.5) is 17.2 Å². The van der Waals surface area contributed by atoms with Crippen molar-refractivity contribution in [3.05, 3.63) is 30.6 Å². The fraction of sp³-hybridized carbons (Fsp3) is 0.429. The number of anilines is 3. The first-order valence-corrected chi connectivity index (χ1v) is 11.0. The topological polar surface area (TPSA) is 98.7 Å². The second-order valence-electron chi connectivity index (χ2n) is 7.60. The number of nitrogens with one attached hydrogen (secondary N) is 1. The zero-order valence-corrected chi connectivity index (χ0v) is 17.7. The Kier molecular flexibility index (Phi) is 6.19. The maximum Gasteiger partial charge on any atom is 0.306 e. The zero-order valence-electron chi connectivity index (χ0n) is 16.9. The highest BCUT2D eigenvalue weighted by Crippen LogP contribution is 2.43. The Morgan fingerprint density at radius 1 is 1.27 bits per heavy atom. The van der Waals surface area contributed by atoms with Gasteiger partial charge < -0.3 is 20.2 Å². The summed E-state index contributed by atoms with van der Waals surface area (Å²) >= 11 is 1.56. The van der Waals surface area contributed by atoms with Crippen LogP contribution in [0.15, 0.2) is 40.5 Å². The third-order valence-electron chi connectivity index (χ3n) is 5.57. The van der Waals surface area contributed by atoms with Gasteiger partial charge in [-0.05, 0) is 57.1 Å². The molecule has 2 aromatic rings. The molecule has 3 heterocycles. The number of aromatic nitrogens is 2. The van der Waals surface area contributed by atoms with E-state index in [0.717, 1.165) is 53.2 Å². The summed E-state index contributed by atoms with van der Waals surface area (Å²) in [6.45, 7) is 4.67. The van der Waals surface area contributed by atoms with E-state index in [4.69, 9.17) is 5.11 Å². The fourth-order valence-electron chi connectivity index (χ4n) is 3.91. The Hall–Kier alpha value is -2.65. The van der Waals surface area contributed by atoms with E-state index < -0.39 is 5.97 Å². The number of carboxylic acid groups (broad SMARTS) is 1. The molecule has 0 unspecified atom stereocenters. The Morgan fingerprint density at radius 2 is 2.03 bits per heavy atom. The summed E-state index contributed by atoms with van der Waals surface area (Å²) in [5, 5.41) is 13.3. The molecular formula is C21H25N5O3S. The smallest absolute Gasteiger partial charge is 0.306 e. The van der Waals surface area contributed by atoms with Crippen LogP contribution in [-0.4, -0.2) is 58.0 Å². The van der Waals surface area contributed by atoms with Crippen LogP contribution in [0.2, 0.25) is 0 Å². The number of carbonyl (C=O) groups is 2. The van der Waals surface area contributed by atoms with Gasteiger partial charge in [-0.15, -0.1) is 0 Å². The molecule has 0 radical (unpaired) electrons. The van der Waals surface area contributed by atoms with Crippen molar-refractivity contribution in [3.63, 3.8) is 0 Å². The third kappa shape index (κ3) is 4.57. The lowest BCUT2D eigenvalue weighted by atomic mass is 9.97. The predicted molar refractivity (Wildman–Crippen MR) is 115 cm³/mol. The molecule has 1 saturated heterocycles. The molecule has 1 amide bonds. The molecule has 0 bridgehead atoms. The SMILES string of the molecule is CC(=O)N(CCCN1CCC(C(=O)O)CC1)c1ccc2c(c1)Nc1nccnc1S2. The quantitative estimate of drug-likeness (QED) is 0.619. The van der Waals surface area contributed by atoms with Gasteiger partial charge >= 0.3 is 5.97 Å². The molecule has 1 fully saturated rings. The predicted octanol–water partition coefficient (Wildman–Crippen LogP) is 3.22. The lowest BCUT2D eigenvalue weighted by molar-refractivity contribution is -0.143. The van der Waals surface area contributed by atoms with Gasteiger partial charge in [0.25, 0.3) is 0 Å². The van der Waals surface area contributed by atoms with E-state index in [1.807, 2.05) is 18.2 Å². The summed E-state index contributed by atoms with van der Waals surface area (Å²) in [7, 11) is 0. The van der Waals surface area contributed by atoms with Gasteiger partial charge in [-0.2, -0.15) is 0 Å². The molecule has 4 rings (SSSR count). The van der Waals surface area contributed by atoms with Crippen molar-refractivity contribution in [2.45, 2.75) is 36.1 Å². The van der Waals surface area contributed by atoms with Crippen LogP contribution in [-0.2, 0) is 9.59 Å². The molecule has 0 aliphatic carbocycles. The number of hydrogen-bond donors (Lipinski definition) is 2. The lowest BCUT2D eigenvalue weighted by Crippen LogP contribution is -2.38. The molecule has 0 spiro atoms. The van der Waals surface area contributed by atoms with E-state index in [2.05, 4.69) is 20.2 Å². The maximum absolute atomic E-state index is 12.3. The van der Waals surface area contributed by atoms with E-state index in [1.165, 1.54) is 0 Å². The van der Waals surface area contributed by atoms with Crippen molar-refractivity contribution in [2.24, 2.45) is 5.92 Å². The summed E-state index contributed by atoms with van der Waals surface area (Å²) in [5.41, 5.74) is 1.78. The minimum Gasteiger partial charge on any atom is -0.481 e. The van der Waals surface area contributed by atoms with Gasteiger partial charge in [0.1, 0.15) is 5.03 Å². The number of likely N-dealkylation sites (tertiary alicyclic amines) is 1. The largest absolute Gasteiger partial charge is 0.481 e. The van der Waals surface area contributed by atoms with Crippen LogP contribution in [0.5, 0.6) is 0 Å². The van der Waals surface area contributed by atoms with E-state index in [9.17, 15) is 9.59 Å². The molecule has 1 aromatic heterocycles. The number of nitrogens with zero attached hydrogens (tertiary/aromatic N) is 4. The number of fused-ring (bicyclic) bond motifs is 2. The minimum atomic E-state index is -0.690. The van der Waals surface area contributed by atoms with Crippen molar-refractivity contribution >= 4 is 40.8 Å². The Morgan fingerprint density at radius 3 is 2.77 bits per heavy atom. The number of benzene rings is 1. The monoisotopic (exact) mass is 427 g/mol. The fourth-order valence-corrected chi connectivity index (χ4v) is 4.79. The van der Waals surface area contributed by atoms with E-state index in [0.29, 0.717) is 19.4 Å². The van der Waals surface area contributed by atoms with Crippen molar-refractivity contribution < 1.29 is 14.7 Å². The van der Waals surface area contributed by atoms with Gasteiger partial charge in [0, 0.05) is 36.4 Å². The summed E-state index contributed by atoms with van der Waals surface area (Å²) in [6.07, 6.45) is 5.57. The molecule has 158 valence electrons. The minimum absolute atomic E-state index is 0.00295. The van der Waals surface area contributed by atoms with Crippen molar-refractivity contribution in [2.75, 3.05) is 36.4 Å². The summed E-state index contributed by atoms with van der Waals surface area (Å²) < 4.78 is 0. The Bertz CT molecular complexity index is 946. The van der Waals surface area contributed by atoms with Gasteiger partial charge in [-0.25, -0.2) is 9.97 Å². The second-order valence-corrected chi connectivity index (χ2v) is 8.63. The number of piperidine rings is 1. The van der Waals surface area contributed by atoms with Crippen LogP contribution in [0.25, 0.3) is 0 Å². The van der Waals surface area contributed by atoms with Crippen LogP contribution in [0.3, 0.4) is 0 Å². The first kappa shape index (κ1) is 20.6. The normalized spacial score (nSPS) is 16.3. The van der Waals surface area contributed by atoms with Gasteiger partial charge in [-0.3, -0.25) is 9.59 Å². The molecule has 8 nitrogen and oxygen atoms in total. The van der Waals surface area contributed by atoms with E-state index in [-0.39, 0.29) is 11.8 Å². The summed E-state index contributed by atoms with van der Waals surface area (Å²) in [6, 6.07) is 5.96. The molecule has 2 aliphatic rings. The van der Waals surface area contributed by atoms with Gasteiger partial charge in [0.05, 0.1) is 11.6 Å². The van der Waals surface area contributed by atoms with Crippen molar-refractivity contribution in [3.8, 4) is 0 Å². The molecule has 2 N–H and O–H groups in total. The van der Waals surface area contributed by atoms with Crippen LogP contribution < -0.4 is 10.2 Å². The zero-order chi connectivity index (χ0) is 21.1. The van der Waals surface area contributed by atoms with Gasteiger partial charge in [0.2, 0.25) is 5.91 Å². The number of hydrogen-bond acceptors (Lipinski definition) is 7. The second kappa shape index (κ2) is 9.01.